The molecule has 0 aliphatic rings. The number of pyridine rings is 1. The summed E-state index contributed by atoms with van der Waals surface area (Å²) in [5.74, 6) is 0. The van der Waals surface area contributed by atoms with Crippen LogP contribution >= 0.6 is 0 Å². The molecular weight excluding hydrogens is 287 g/mol. The van der Waals surface area contributed by atoms with Crippen LogP contribution in [0.2, 0.25) is 0 Å². The highest BCUT2D eigenvalue weighted by molar-refractivity contribution is 7.90. The summed E-state index contributed by atoms with van der Waals surface area (Å²) in [6.45, 7) is 12.1. The van der Waals surface area contributed by atoms with Gasteiger partial charge in [0, 0.05) is 24.1 Å². The van der Waals surface area contributed by atoms with Crippen molar-refractivity contribution in [3.63, 3.8) is 0 Å². The maximum Gasteiger partial charge on any atom is 0.488 e. The molecule has 118 valence electrons. The Morgan fingerprint density at radius 3 is 2.43 bits per heavy atom. The Morgan fingerprint density at radius 2 is 2.00 bits per heavy atom. The first-order valence-corrected chi connectivity index (χ1v) is 8.21. The summed E-state index contributed by atoms with van der Waals surface area (Å²) in [5.41, 5.74) is 1.84. The van der Waals surface area contributed by atoms with E-state index in [1.165, 1.54) is 0 Å². The third-order valence-electron chi connectivity index (χ3n) is 3.35. The lowest BCUT2D eigenvalue weighted by atomic mass is 9.77. The first kappa shape index (κ1) is 18.5. The molecule has 0 saturated heterocycles. The number of rotatable bonds is 5. The molecule has 0 fully saturated rings. The van der Waals surface area contributed by atoms with Gasteiger partial charge in [0.2, 0.25) is 0 Å². The molecule has 21 heavy (non-hydrogen) atoms. The fraction of sp³-hybridized carbons (Fsp3) is 0.643. The molecule has 0 radical (unpaired) electrons. The molecule has 1 aromatic heterocycles. The SMILES string of the molecule is CCN([C@H](C)c1cc(B(O)O)c(C)cn1)[S@+]([O-])C(C)(C)C. The molecule has 0 aromatic carbocycles. The van der Waals surface area contributed by atoms with E-state index >= 15 is 0 Å². The minimum absolute atomic E-state index is 0.173. The van der Waals surface area contributed by atoms with Crippen LogP contribution in [0.4, 0.5) is 0 Å². The molecular formula is C14H25BN2O3S. The van der Waals surface area contributed by atoms with E-state index in [0.717, 1.165) is 5.56 Å². The lowest BCUT2D eigenvalue weighted by molar-refractivity contribution is 0.339. The van der Waals surface area contributed by atoms with Crippen molar-refractivity contribution in [1.82, 2.24) is 9.29 Å². The fourth-order valence-corrected chi connectivity index (χ4v) is 3.43. The van der Waals surface area contributed by atoms with E-state index in [0.29, 0.717) is 17.7 Å². The normalized spacial score (nSPS) is 15.1. The Morgan fingerprint density at radius 1 is 1.43 bits per heavy atom. The second-order valence-electron chi connectivity index (χ2n) is 6.11. The van der Waals surface area contributed by atoms with E-state index in [4.69, 9.17) is 0 Å². The predicted molar refractivity (Wildman–Crippen MR) is 87.5 cm³/mol. The van der Waals surface area contributed by atoms with Crippen molar-refractivity contribution >= 4 is 23.9 Å². The third kappa shape index (κ3) is 4.44. The van der Waals surface area contributed by atoms with Crippen LogP contribution in [0.25, 0.3) is 0 Å². The molecule has 1 rings (SSSR count). The highest BCUT2D eigenvalue weighted by Gasteiger charge is 2.36. The van der Waals surface area contributed by atoms with Crippen LogP contribution in [0.15, 0.2) is 12.3 Å². The van der Waals surface area contributed by atoms with Crippen LogP contribution in [0.5, 0.6) is 0 Å². The van der Waals surface area contributed by atoms with Gasteiger partial charge in [-0.05, 0) is 58.6 Å². The first-order chi connectivity index (χ1) is 9.59. The van der Waals surface area contributed by atoms with Gasteiger partial charge in [0.05, 0.1) is 11.7 Å². The van der Waals surface area contributed by atoms with Crippen LogP contribution in [0.3, 0.4) is 0 Å². The summed E-state index contributed by atoms with van der Waals surface area (Å²) in [4.78, 5) is 4.36. The molecule has 1 heterocycles. The van der Waals surface area contributed by atoms with Gasteiger partial charge in [-0.25, -0.2) is 0 Å². The second-order valence-corrected chi connectivity index (χ2v) is 8.30. The molecule has 1 aromatic rings. The van der Waals surface area contributed by atoms with Crippen LogP contribution in [-0.2, 0) is 11.4 Å². The maximum absolute atomic E-state index is 12.6. The summed E-state index contributed by atoms with van der Waals surface area (Å²) < 4.78 is 14.1. The molecule has 2 atom stereocenters. The summed E-state index contributed by atoms with van der Waals surface area (Å²) >= 11 is -1.16. The molecule has 0 saturated carbocycles. The van der Waals surface area contributed by atoms with Crippen molar-refractivity contribution in [2.24, 2.45) is 0 Å². The predicted octanol–water partition coefficient (Wildman–Crippen LogP) is 0.915. The topological polar surface area (TPSA) is 79.7 Å². The highest BCUT2D eigenvalue weighted by Crippen LogP contribution is 2.28. The highest BCUT2D eigenvalue weighted by atomic mass is 32.2. The van der Waals surface area contributed by atoms with Crippen LogP contribution < -0.4 is 5.46 Å². The van der Waals surface area contributed by atoms with Gasteiger partial charge >= 0.3 is 7.12 Å². The van der Waals surface area contributed by atoms with E-state index in [-0.39, 0.29) is 10.8 Å². The zero-order valence-electron chi connectivity index (χ0n) is 13.6. The molecule has 0 spiro atoms. The lowest BCUT2D eigenvalue weighted by Crippen LogP contribution is -2.44. The van der Waals surface area contributed by atoms with Crippen molar-refractivity contribution in [1.29, 1.82) is 0 Å². The molecule has 7 heteroatoms. The average molecular weight is 312 g/mol. The van der Waals surface area contributed by atoms with Gasteiger partial charge in [-0.15, -0.1) is 4.31 Å². The monoisotopic (exact) mass is 312 g/mol. The number of aromatic nitrogens is 1. The maximum atomic E-state index is 12.6. The van der Waals surface area contributed by atoms with E-state index < -0.39 is 18.5 Å². The molecule has 0 bridgehead atoms. The van der Waals surface area contributed by atoms with Gasteiger partial charge in [0.1, 0.15) is 4.75 Å². The van der Waals surface area contributed by atoms with E-state index in [2.05, 4.69) is 4.98 Å². The molecule has 0 unspecified atom stereocenters. The first-order valence-electron chi connectivity index (χ1n) is 7.10. The Kier molecular flexibility index (Phi) is 6.25. The number of hydrogen-bond acceptors (Lipinski definition) is 5. The summed E-state index contributed by atoms with van der Waals surface area (Å²) in [6, 6.07) is 1.50. The average Bonchev–Trinajstić information content (AvgIpc) is 2.38. The van der Waals surface area contributed by atoms with Gasteiger partial charge < -0.3 is 14.6 Å². The van der Waals surface area contributed by atoms with Crippen LogP contribution in [0, 0.1) is 6.92 Å². The number of nitrogens with zero attached hydrogens (tertiary/aromatic N) is 2. The van der Waals surface area contributed by atoms with Crippen LogP contribution in [0.1, 0.15) is 51.9 Å². The fourth-order valence-electron chi connectivity index (χ4n) is 2.10. The summed E-state index contributed by atoms with van der Waals surface area (Å²) in [6.07, 6.45) is 1.62. The van der Waals surface area contributed by atoms with Gasteiger partial charge in [-0.2, -0.15) is 0 Å². The molecule has 0 aliphatic heterocycles. The second kappa shape index (κ2) is 7.11. The van der Waals surface area contributed by atoms with E-state index in [9.17, 15) is 14.6 Å². The van der Waals surface area contributed by atoms with Gasteiger partial charge in [0.15, 0.2) is 0 Å². The summed E-state index contributed by atoms with van der Waals surface area (Å²) in [5, 5.41) is 18.8. The minimum Gasteiger partial charge on any atom is -0.597 e. The van der Waals surface area contributed by atoms with Gasteiger partial charge in [-0.1, -0.05) is 0 Å². The standard InChI is InChI=1S/C14H25BN2O3S/c1-7-17(21(20)14(4,5)6)11(3)13-8-12(15(18)19)10(2)9-16-13/h8-9,11,18-19H,7H2,1-6H3/t11-,21-/m1/s1. The molecule has 0 amide bonds. The Hall–Kier alpha value is -0.595. The van der Waals surface area contributed by atoms with Gasteiger partial charge in [0.25, 0.3) is 0 Å². The van der Waals surface area contributed by atoms with E-state index in [1.54, 1.807) is 19.2 Å². The van der Waals surface area contributed by atoms with Gasteiger partial charge in [-0.3, -0.25) is 4.98 Å². The molecule has 0 aliphatic carbocycles. The quantitative estimate of drug-likeness (QED) is 0.624. The van der Waals surface area contributed by atoms with Crippen LogP contribution in [-0.4, -0.2) is 42.3 Å². The Labute approximate surface area is 130 Å². The minimum atomic E-state index is -1.53. The molecule has 2 N–H and O–H groups in total. The lowest BCUT2D eigenvalue weighted by Gasteiger charge is -2.35. The van der Waals surface area contributed by atoms with Crippen molar-refractivity contribution in [2.75, 3.05) is 6.54 Å². The Balaban J connectivity index is 3.11. The summed E-state index contributed by atoms with van der Waals surface area (Å²) in [7, 11) is -1.53. The number of hydrogen-bond donors (Lipinski definition) is 2. The Bertz CT molecular complexity index is 480. The van der Waals surface area contributed by atoms with Crippen molar-refractivity contribution in [2.45, 2.75) is 52.3 Å². The van der Waals surface area contributed by atoms with E-state index in [1.807, 2.05) is 38.9 Å². The third-order valence-corrected chi connectivity index (χ3v) is 5.40. The van der Waals surface area contributed by atoms with Crippen molar-refractivity contribution < 1.29 is 14.6 Å². The zero-order chi connectivity index (χ0) is 16.4. The van der Waals surface area contributed by atoms with Crippen molar-refractivity contribution in [3.05, 3.63) is 23.5 Å². The number of aryl methyl sites for hydroxylation is 1. The zero-order valence-corrected chi connectivity index (χ0v) is 14.4. The van der Waals surface area contributed by atoms with Crippen molar-refractivity contribution in [3.8, 4) is 0 Å². The largest absolute Gasteiger partial charge is 0.597 e. The molecule has 5 nitrogen and oxygen atoms in total. The smallest absolute Gasteiger partial charge is 0.488 e.